The molecular weight excluding hydrogens is 284 g/mol. The summed E-state index contributed by atoms with van der Waals surface area (Å²) < 4.78 is 5.91. The van der Waals surface area contributed by atoms with E-state index in [9.17, 15) is 0 Å². The highest BCUT2D eigenvalue weighted by atomic mass is 35.5. The fourth-order valence-corrected chi connectivity index (χ4v) is 2.80. The van der Waals surface area contributed by atoms with E-state index in [1.165, 1.54) is 19.3 Å². The summed E-state index contributed by atoms with van der Waals surface area (Å²) in [5.74, 6) is 1.30. The molecule has 0 atom stereocenters. The quantitative estimate of drug-likeness (QED) is 0.830. The minimum Gasteiger partial charge on any atom is -0.437 e. The van der Waals surface area contributed by atoms with Crippen molar-refractivity contribution in [1.82, 2.24) is 9.88 Å². The summed E-state index contributed by atoms with van der Waals surface area (Å²) in [6.07, 6.45) is 5.65. The van der Waals surface area contributed by atoms with Crippen molar-refractivity contribution < 1.29 is 4.74 Å². The number of aromatic nitrogens is 1. The first kappa shape index (κ1) is 14.4. The summed E-state index contributed by atoms with van der Waals surface area (Å²) in [6.45, 7) is 3.19. The lowest BCUT2D eigenvalue weighted by molar-refractivity contribution is 0.218. The van der Waals surface area contributed by atoms with Gasteiger partial charge in [0.1, 0.15) is 5.75 Å². The van der Waals surface area contributed by atoms with E-state index < -0.39 is 0 Å². The molecule has 3 rings (SSSR count). The molecular formula is C17H19ClN2O. The van der Waals surface area contributed by atoms with Gasteiger partial charge >= 0.3 is 0 Å². The van der Waals surface area contributed by atoms with Gasteiger partial charge in [-0.1, -0.05) is 36.2 Å². The molecule has 1 fully saturated rings. The van der Waals surface area contributed by atoms with Crippen LogP contribution in [0.4, 0.5) is 0 Å². The molecule has 1 aliphatic rings. The van der Waals surface area contributed by atoms with Crippen LogP contribution in [0.1, 0.15) is 24.8 Å². The van der Waals surface area contributed by atoms with Crippen molar-refractivity contribution in [3.8, 4) is 11.6 Å². The van der Waals surface area contributed by atoms with Crippen molar-refractivity contribution in [2.45, 2.75) is 25.8 Å². The molecule has 4 heteroatoms. The first-order chi connectivity index (χ1) is 10.3. The van der Waals surface area contributed by atoms with Crippen LogP contribution in [-0.4, -0.2) is 23.0 Å². The monoisotopic (exact) mass is 302 g/mol. The molecule has 21 heavy (non-hydrogen) atoms. The zero-order chi connectivity index (χ0) is 14.5. The summed E-state index contributed by atoms with van der Waals surface area (Å²) in [6, 6.07) is 11.5. The molecule has 0 spiro atoms. The van der Waals surface area contributed by atoms with E-state index in [1.807, 2.05) is 30.3 Å². The number of halogens is 1. The van der Waals surface area contributed by atoms with Crippen LogP contribution in [0.15, 0.2) is 42.6 Å². The molecule has 1 aromatic heterocycles. The Labute approximate surface area is 130 Å². The van der Waals surface area contributed by atoms with Crippen molar-refractivity contribution >= 4 is 11.6 Å². The second-order valence-corrected chi connectivity index (χ2v) is 5.74. The molecule has 1 aromatic carbocycles. The third kappa shape index (κ3) is 3.74. The first-order valence-electron chi connectivity index (χ1n) is 7.41. The Kier molecular flexibility index (Phi) is 4.73. The molecule has 0 saturated carbocycles. The van der Waals surface area contributed by atoms with Crippen LogP contribution in [0, 0.1) is 0 Å². The Balaban J connectivity index is 1.77. The number of para-hydroxylation sites is 1. The maximum Gasteiger partial charge on any atom is 0.223 e. The first-order valence-corrected chi connectivity index (χ1v) is 7.79. The number of hydrogen-bond acceptors (Lipinski definition) is 3. The Morgan fingerprint density at radius 3 is 2.67 bits per heavy atom. The Morgan fingerprint density at radius 2 is 1.86 bits per heavy atom. The number of benzene rings is 1. The van der Waals surface area contributed by atoms with Crippen molar-refractivity contribution in [2.24, 2.45) is 0 Å². The van der Waals surface area contributed by atoms with Crippen molar-refractivity contribution in [1.29, 1.82) is 0 Å². The van der Waals surface area contributed by atoms with E-state index >= 15 is 0 Å². The molecule has 0 amide bonds. The van der Waals surface area contributed by atoms with Crippen molar-refractivity contribution in [3.63, 3.8) is 0 Å². The Morgan fingerprint density at radius 1 is 1.05 bits per heavy atom. The number of hydrogen-bond donors (Lipinski definition) is 0. The van der Waals surface area contributed by atoms with E-state index in [0.717, 1.165) is 25.2 Å². The average Bonchev–Trinajstić information content (AvgIpc) is 2.52. The summed E-state index contributed by atoms with van der Waals surface area (Å²) in [4.78, 5) is 6.83. The molecule has 0 bridgehead atoms. The topological polar surface area (TPSA) is 25.4 Å². The lowest BCUT2D eigenvalue weighted by atomic mass is 10.1. The lowest BCUT2D eigenvalue weighted by Gasteiger charge is -2.26. The molecule has 0 unspecified atom stereocenters. The van der Waals surface area contributed by atoms with Gasteiger partial charge in [-0.15, -0.1) is 0 Å². The molecule has 0 N–H and O–H groups in total. The van der Waals surface area contributed by atoms with Gasteiger partial charge in [0.25, 0.3) is 0 Å². The summed E-state index contributed by atoms with van der Waals surface area (Å²) in [5, 5.41) is 0.604. The second-order valence-electron chi connectivity index (χ2n) is 5.34. The largest absolute Gasteiger partial charge is 0.437 e. The highest BCUT2D eigenvalue weighted by Crippen LogP contribution is 2.30. The van der Waals surface area contributed by atoms with Crippen LogP contribution in [0.3, 0.4) is 0 Å². The van der Waals surface area contributed by atoms with Gasteiger partial charge in [0.05, 0.1) is 5.02 Å². The van der Waals surface area contributed by atoms with Crippen LogP contribution >= 0.6 is 11.6 Å². The zero-order valence-corrected chi connectivity index (χ0v) is 12.7. The number of pyridine rings is 1. The Bertz CT molecular complexity index is 597. The minimum atomic E-state index is 0.604. The second kappa shape index (κ2) is 6.92. The van der Waals surface area contributed by atoms with E-state index in [-0.39, 0.29) is 0 Å². The van der Waals surface area contributed by atoms with Crippen molar-refractivity contribution in [2.75, 3.05) is 13.1 Å². The van der Waals surface area contributed by atoms with Gasteiger partial charge in [-0.2, -0.15) is 0 Å². The van der Waals surface area contributed by atoms with Gasteiger partial charge in [-0.05, 0) is 44.1 Å². The third-order valence-electron chi connectivity index (χ3n) is 3.74. The van der Waals surface area contributed by atoms with Gasteiger partial charge < -0.3 is 4.74 Å². The van der Waals surface area contributed by atoms with E-state index in [2.05, 4.69) is 16.0 Å². The van der Waals surface area contributed by atoms with Crippen molar-refractivity contribution in [3.05, 3.63) is 53.2 Å². The predicted molar refractivity (Wildman–Crippen MR) is 84.9 cm³/mol. The number of ether oxygens (including phenoxy) is 1. The van der Waals surface area contributed by atoms with Gasteiger partial charge in [0.2, 0.25) is 5.88 Å². The lowest BCUT2D eigenvalue weighted by Crippen LogP contribution is -2.29. The normalized spacial score (nSPS) is 15.9. The SMILES string of the molecule is Clc1ccccc1Oc1ncccc1CN1CCCCC1. The highest BCUT2D eigenvalue weighted by molar-refractivity contribution is 6.32. The van der Waals surface area contributed by atoms with Gasteiger partial charge in [-0.25, -0.2) is 4.98 Å². The zero-order valence-electron chi connectivity index (χ0n) is 12.0. The predicted octanol–water partition coefficient (Wildman–Crippen LogP) is 4.51. The maximum absolute atomic E-state index is 6.16. The van der Waals surface area contributed by atoms with Gasteiger partial charge in [-0.3, -0.25) is 4.90 Å². The molecule has 0 aliphatic carbocycles. The fraction of sp³-hybridized carbons (Fsp3) is 0.353. The van der Waals surface area contributed by atoms with Gasteiger partial charge in [0, 0.05) is 18.3 Å². The Hall–Kier alpha value is -1.58. The van der Waals surface area contributed by atoms with E-state index in [4.69, 9.17) is 16.3 Å². The molecule has 3 nitrogen and oxygen atoms in total. The summed E-state index contributed by atoms with van der Waals surface area (Å²) in [7, 11) is 0. The maximum atomic E-state index is 6.16. The van der Waals surface area contributed by atoms with Crippen LogP contribution in [0.2, 0.25) is 5.02 Å². The molecule has 1 aliphatic heterocycles. The smallest absolute Gasteiger partial charge is 0.223 e. The number of nitrogens with zero attached hydrogens (tertiary/aromatic N) is 2. The van der Waals surface area contributed by atoms with Crippen LogP contribution in [-0.2, 0) is 6.54 Å². The fourth-order valence-electron chi connectivity index (χ4n) is 2.63. The molecule has 2 aromatic rings. The number of likely N-dealkylation sites (tertiary alicyclic amines) is 1. The molecule has 2 heterocycles. The highest BCUT2D eigenvalue weighted by Gasteiger charge is 2.14. The van der Waals surface area contributed by atoms with Crippen LogP contribution < -0.4 is 4.74 Å². The minimum absolute atomic E-state index is 0.604. The van der Waals surface area contributed by atoms with Crippen LogP contribution in [0.5, 0.6) is 11.6 Å². The number of piperidine rings is 1. The van der Waals surface area contributed by atoms with E-state index in [1.54, 1.807) is 6.20 Å². The van der Waals surface area contributed by atoms with E-state index in [0.29, 0.717) is 16.7 Å². The molecule has 110 valence electrons. The van der Waals surface area contributed by atoms with Crippen LogP contribution in [0.25, 0.3) is 0 Å². The molecule has 1 saturated heterocycles. The summed E-state index contributed by atoms with van der Waals surface area (Å²) >= 11 is 6.16. The average molecular weight is 303 g/mol. The molecule has 0 radical (unpaired) electrons. The summed E-state index contributed by atoms with van der Waals surface area (Å²) in [5.41, 5.74) is 1.11. The number of rotatable bonds is 4. The standard InChI is InChI=1S/C17H19ClN2O/c18-15-8-2-3-9-16(15)21-17-14(7-6-10-19-17)13-20-11-4-1-5-12-20/h2-3,6-10H,1,4-5,11-13H2. The third-order valence-corrected chi connectivity index (χ3v) is 4.05. The van der Waals surface area contributed by atoms with Gasteiger partial charge in [0.15, 0.2) is 0 Å².